The van der Waals surface area contributed by atoms with E-state index in [1.807, 2.05) is 0 Å². The molecule has 0 atom stereocenters. The van der Waals surface area contributed by atoms with E-state index in [1.54, 1.807) is 6.92 Å². The lowest BCUT2D eigenvalue weighted by Crippen LogP contribution is -2.08. The van der Waals surface area contributed by atoms with Crippen LogP contribution in [-0.4, -0.2) is 26.3 Å². The van der Waals surface area contributed by atoms with Gasteiger partial charge in [-0.25, -0.2) is 8.42 Å². The van der Waals surface area contributed by atoms with Crippen LogP contribution in [0.25, 0.3) is 0 Å². The van der Waals surface area contributed by atoms with Crippen molar-refractivity contribution in [2.75, 3.05) is 12.8 Å². The van der Waals surface area contributed by atoms with Crippen molar-refractivity contribution >= 4 is 14.9 Å². The second kappa shape index (κ2) is 2.96. The zero-order valence-electron chi connectivity index (χ0n) is 5.88. The molecule has 3 nitrogen and oxygen atoms in total. The molecular weight excluding hydrogens is 138 g/mol. The van der Waals surface area contributed by atoms with Crippen molar-refractivity contribution in [2.45, 2.75) is 13.8 Å². The molecule has 0 spiro atoms. The molecule has 0 aromatic rings. The Balaban J connectivity index is 4.41. The highest BCUT2D eigenvalue weighted by Crippen LogP contribution is 1.87. The Morgan fingerprint density at radius 1 is 1.56 bits per heavy atom. The van der Waals surface area contributed by atoms with E-state index in [2.05, 4.69) is 4.99 Å². The van der Waals surface area contributed by atoms with Crippen molar-refractivity contribution in [3.05, 3.63) is 0 Å². The summed E-state index contributed by atoms with van der Waals surface area (Å²) in [5, 5.41) is 0.213. The summed E-state index contributed by atoms with van der Waals surface area (Å²) < 4.78 is 21.2. The summed E-state index contributed by atoms with van der Waals surface area (Å²) >= 11 is 0. The van der Waals surface area contributed by atoms with E-state index in [-0.39, 0.29) is 5.04 Å². The van der Waals surface area contributed by atoms with Crippen molar-refractivity contribution in [2.24, 2.45) is 4.99 Å². The predicted molar refractivity (Wildman–Crippen MR) is 38.5 cm³/mol. The van der Waals surface area contributed by atoms with Gasteiger partial charge in [-0.05, 0) is 13.8 Å². The minimum absolute atomic E-state index is 0.213. The Bertz CT molecular complexity index is 203. The van der Waals surface area contributed by atoms with E-state index >= 15 is 0 Å². The van der Waals surface area contributed by atoms with Crippen molar-refractivity contribution in [3.8, 4) is 0 Å². The van der Waals surface area contributed by atoms with Gasteiger partial charge < -0.3 is 0 Å². The zero-order valence-corrected chi connectivity index (χ0v) is 6.70. The van der Waals surface area contributed by atoms with Gasteiger partial charge in [0, 0.05) is 12.8 Å². The van der Waals surface area contributed by atoms with E-state index < -0.39 is 9.84 Å². The lowest BCUT2D eigenvalue weighted by atomic mass is 10.7. The van der Waals surface area contributed by atoms with Gasteiger partial charge >= 0.3 is 0 Å². The summed E-state index contributed by atoms with van der Waals surface area (Å²) in [5.74, 6) is 0. The van der Waals surface area contributed by atoms with Crippen LogP contribution in [0.5, 0.6) is 0 Å². The fourth-order valence-corrected chi connectivity index (χ4v) is 0.704. The van der Waals surface area contributed by atoms with Gasteiger partial charge in [0.15, 0.2) is 9.84 Å². The molecular formula is C5H11NO2S. The molecule has 4 heteroatoms. The summed E-state index contributed by atoms with van der Waals surface area (Å²) in [6.07, 6.45) is 1.15. The largest absolute Gasteiger partial charge is 0.278 e. The minimum Gasteiger partial charge on any atom is -0.278 e. The molecule has 0 aliphatic rings. The summed E-state index contributed by atoms with van der Waals surface area (Å²) in [6.45, 7) is 3.83. The Morgan fingerprint density at radius 3 is 2.11 bits per heavy atom. The first kappa shape index (κ1) is 8.62. The Hall–Kier alpha value is -0.380. The highest BCUT2D eigenvalue weighted by Gasteiger charge is 2.03. The molecule has 0 amide bonds. The van der Waals surface area contributed by atoms with E-state index in [1.165, 1.54) is 6.92 Å². The molecule has 54 valence electrons. The number of aliphatic imine (C=N–C) groups is 1. The Kier molecular flexibility index (Phi) is 2.84. The molecule has 0 aromatic heterocycles. The van der Waals surface area contributed by atoms with Gasteiger partial charge in [-0.1, -0.05) is 0 Å². The molecule has 0 aromatic carbocycles. The fraction of sp³-hybridized carbons (Fsp3) is 0.800. The van der Waals surface area contributed by atoms with E-state index in [9.17, 15) is 8.42 Å². The third-order valence-electron chi connectivity index (χ3n) is 0.917. The molecule has 0 unspecified atom stereocenters. The van der Waals surface area contributed by atoms with Crippen LogP contribution in [0.3, 0.4) is 0 Å². The molecule has 0 aliphatic heterocycles. The van der Waals surface area contributed by atoms with Crippen molar-refractivity contribution in [3.63, 3.8) is 0 Å². The topological polar surface area (TPSA) is 46.5 Å². The monoisotopic (exact) mass is 149 g/mol. The van der Waals surface area contributed by atoms with Crippen LogP contribution in [0.1, 0.15) is 13.8 Å². The van der Waals surface area contributed by atoms with Crippen LogP contribution in [0.15, 0.2) is 4.99 Å². The maximum absolute atomic E-state index is 10.6. The van der Waals surface area contributed by atoms with Gasteiger partial charge in [-0.3, -0.25) is 4.99 Å². The lowest BCUT2D eigenvalue weighted by molar-refractivity contribution is 0.612. The summed E-state index contributed by atoms with van der Waals surface area (Å²) in [7, 11) is -3.01. The summed E-state index contributed by atoms with van der Waals surface area (Å²) in [6, 6.07) is 0. The highest BCUT2D eigenvalue weighted by molar-refractivity contribution is 8.05. The van der Waals surface area contributed by atoms with Gasteiger partial charge in [0.2, 0.25) is 0 Å². The maximum atomic E-state index is 10.6. The van der Waals surface area contributed by atoms with E-state index in [0.717, 1.165) is 6.26 Å². The smallest absolute Gasteiger partial charge is 0.188 e. The van der Waals surface area contributed by atoms with Crippen molar-refractivity contribution in [1.82, 2.24) is 0 Å². The Labute approximate surface area is 55.7 Å². The molecule has 0 rings (SSSR count). The number of hydrogen-bond acceptors (Lipinski definition) is 3. The first-order valence-electron chi connectivity index (χ1n) is 2.69. The molecule has 0 saturated carbocycles. The van der Waals surface area contributed by atoms with E-state index in [4.69, 9.17) is 0 Å². The average molecular weight is 149 g/mol. The van der Waals surface area contributed by atoms with Gasteiger partial charge in [0.05, 0.1) is 0 Å². The third-order valence-corrected chi connectivity index (χ3v) is 2.12. The maximum Gasteiger partial charge on any atom is 0.188 e. The molecule has 0 saturated heterocycles. The van der Waals surface area contributed by atoms with Gasteiger partial charge in [-0.2, -0.15) is 0 Å². The molecule has 0 radical (unpaired) electrons. The minimum atomic E-state index is -3.01. The number of sulfone groups is 1. The standard InChI is InChI=1S/C5H11NO2S/c1-4-6-5(2)9(3,7)8/h4H2,1-3H3/b6-5+. The average Bonchev–Trinajstić information content (AvgIpc) is 1.64. The fourth-order valence-electron chi connectivity index (χ4n) is 0.340. The number of hydrogen-bond donors (Lipinski definition) is 0. The summed E-state index contributed by atoms with van der Waals surface area (Å²) in [4.78, 5) is 3.72. The van der Waals surface area contributed by atoms with Crippen LogP contribution >= 0.6 is 0 Å². The van der Waals surface area contributed by atoms with E-state index in [0.29, 0.717) is 6.54 Å². The molecule has 0 aliphatic carbocycles. The number of nitrogens with zero attached hydrogens (tertiary/aromatic N) is 1. The second-order valence-electron chi connectivity index (χ2n) is 1.77. The summed E-state index contributed by atoms with van der Waals surface area (Å²) in [5.41, 5.74) is 0. The van der Waals surface area contributed by atoms with Crippen molar-refractivity contribution in [1.29, 1.82) is 0 Å². The first-order chi connectivity index (χ1) is 3.98. The number of rotatable bonds is 1. The zero-order chi connectivity index (χ0) is 7.49. The second-order valence-corrected chi connectivity index (χ2v) is 3.90. The lowest BCUT2D eigenvalue weighted by Gasteiger charge is -1.92. The van der Waals surface area contributed by atoms with Crippen LogP contribution in [0, 0.1) is 0 Å². The van der Waals surface area contributed by atoms with Crippen molar-refractivity contribution < 1.29 is 8.42 Å². The molecule has 0 N–H and O–H groups in total. The Morgan fingerprint density at radius 2 is 2.00 bits per heavy atom. The van der Waals surface area contributed by atoms with Gasteiger partial charge in [-0.15, -0.1) is 0 Å². The third kappa shape index (κ3) is 3.24. The van der Waals surface area contributed by atoms with Gasteiger partial charge in [0.1, 0.15) is 5.04 Å². The highest BCUT2D eigenvalue weighted by atomic mass is 32.2. The predicted octanol–water partition coefficient (Wildman–Crippen LogP) is 0.469. The van der Waals surface area contributed by atoms with Crippen LogP contribution in [-0.2, 0) is 9.84 Å². The van der Waals surface area contributed by atoms with Crippen LogP contribution < -0.4 is 0 Å². The first-order valence-corrected chi connectivity index (χ1v) is 4.58. The molecule has 0 bridgehead atoms. The van der Waals surface area contributed by atoms with Gasteiger partial charge in [0.25, 0.3) is 0 Å². The molecule has 0 fully saturated rings. The molecule has 0 heterocycles. The molecule has 9 heavy (non-hydrogen) atoms. The normalized spacial score (nSPS) is 13.9. The van der Waals surface area contributed by atoms with Crippen LogP contribution in [0.2, 0.25) is 0 Å². The quantitative estimate of drug-likeness (QED) is 0.402. The SMILES string of the molecule is CC/N=C(\C)S(C)(=O)=O. The van der Waals surface area contributed by atoms with Crippen LogP contribution in [0.4, 0.5) is 0 Å².